The first-order chi connectivity index (χ1) is 8.55. The normalized spacial score (nSPS) is 17.2. The van der Waals surface area contributed by atoms with E-state index in [1.54, 1.807) is 13.8 Å². The molecule has 1 aromatic carbocycles. The van der Waals surface area contributed by atoms with Crippen LogP contribution in [0, 0.1) is 17.3 Å². The van der Waals surface area contributed by atoms with Crippen molar-refractivity contribution in [2.45, 2.75) is 13.8 Å². The van der Waals surface area contributed by atoms with E-state index >= 15 is 0 Å². The molecular weight excluding hydrogens is 226 g/mol. The molecule has 0 saturated heterocycles. The lowest BCUT2D eigenvalue weighted by Crippen LogP contribution is -2.28. The van der Waals surface area contributed by atoms with Gasteiger partial charge in [-0.1, -0.05) is 30.0 Å². The maximum atomic E-state index is 11.8. The average molecular weight is 241 g/mol. The quantitative estimate of drug-likeness (QED) is 0.731. The summed E-state index contributed by atoms with van der Waals surface area (Å²) in [5, 5.41) is 11.9. The van der Waals surface area contributed by atoms with Crippen molar-refractivity contribution in [3.05, 3.63) is 47.2 Å². The van der Waals surface area contributed by atoms with Crippen molar-refractivity contribution in [3.8, 4) is 11.8 Å². The maximum absolute atomic E-state index is 11.8. The molecule has 1 aliphatic heterocycles. The van der Waals surface area contributed by atoms with Gasteiger partial charge in [0.25, 0.3) is 0 Å². The lowest BCUT2D eigenvalue weighted by molar-refractivity contribution is -0.125. The van der Waals surface area contributed by atoms with E-state index in [-0.39, 0.29) is 12.5 Å². The summed E-state index contributed by atoms with van der Waals surface area (Å²) in [6.07, 6.45) is 0. The summed E-state index contributed by atoms with van der Waals surface area (Å²) in [5.41, 5.74) is 1.38. The maximum Gasteiger partial charge on any atom is 0.235 e. The van der Waals surface area contributed by atoms with E-state index in [9.17, 15) is 9.90 Å². The molecule has 2 N–H and O–H groups in total. The van der Waals surface area contributed by atoms with E-state index in [2.05, 4.69) is 17.2 Å². The Kier molecular flexibility index (Phi) is 3.22. The zero-order valence-electron chi connectivity index (χ0n) is 10.4. The Morgan fingerprint density at radius 1 is 1.22 bits per heavy atom. The van der Waals surface area contributed by atoms with Gasteiger partial charge in [0.1, 0.15) is 0 Å². The summed E-state index contributed by atoms with van der Waals surface area (Å²) in [7, 11) is 0. The lowest BCUT2D eigenvalue weighted by atomic mass is 9.85. The SMILES string of the molecule is CC1(C)C(=O)NC(CO)=C1C#Cc1ccccc1. The Bertz CT molecular complexity index is 559. The summed E-state index contributed by atoms with van der Waals surface area (Å²) in [6.45, 7) is 3.41. The molecule has 92 valence electrons. The zero-order chi connectivity index (χ0) is 13.2. The van der Waals surface area contributed by atoms with Crippen molar-refractivity contribution in [1.82, 2.24) is 5.32 Å². The van der Waals surface area contributed by atoms with Gasteiger partial charge in [0.05, 0.1) is 17.7 Å². The van der Waals surface area contributed by atoms with Crippen molar-refractivity contribution in [1.29, 1.82) is 0 Å². The van der Waals surface area contributed by atoms with Gasteiger partial charge in [-0.3, -0.25) is 4.79 Å². The topological polar surface area (TPSA) is 49.3 Å². The van der Waals surface area contributed by atoms with Crippen molar-refractivity contribution in [2.24, 2.45) is 5.41 Å². The minimum Gasteiger partial charge on any atom is -0.390 e. The first-order valence-electron chi connectivity index (χ1n) is 5.78. The molecule has 1 aromatic rings. The summed E-state index contributed by atoms with van der Waals surface area (Å²) in [5.74, 6) is 5.90. The van der Waals surface area contributed by atoms with Crippen molar-refractivity contribution < 1.29 is 9.90 Å². The van der Waals surface area contributed by atoms with Gasteiger partial charge < -0.3 is 10.4 Å². The van der Waals surface area contributed by atoms with E-state index < -0.39 is 5.41 Å². The van der Waals surface area contributed by atoms with Crippen molar-refractivity contribution in [2.75, 3.05) is 6.61 Å². The predicted octanol–water partition coefficient (Wildman–Crippen LogP) is 1.44. The third-order valence-corrected chi connectivity index (χ3v) is 3.02. The van der Waals surface area contributed by atoms with Crippen molar-refractivity contribution >= 4 is 5.91 Å². The van der Waals surface area contributed by atoms with Gasteiger partial charge in [0.2, 0.25) is 5.91 Å². The molecule has 0 spiro atoms. The highest BCUT2D eigenvalue weighted by Gasteiger charge is 2.39. The molecule has 3 heteroatoms. The van der Waals surface area contributed by atoms with Crippen LogP contribution in [0.2, 0.25) is 0 Å². The van der Waals surface area contributed by atoms with Crippen LogP contribution in [0.3, 0.4) is 0 Å². The zero-order valence-corrected chi connectivity index (χ0v) is 10.4. The number of rotatable bonds is 1. The smallest absolute Gasteiger partial charge is 0.235 e. The number of benzene rings is 1. The highest BCUT2D eigenvalue weighted by Crippen LogP contribution is 2.33. The minimum absolute atomic E-state index is 0.121. The van der Waals surface area contributed by atoms with Crippen LogP contribution < -0.4 is 5.32 Å². The standard InChI is InChI=1S/C15H15NO2/c1-15(2)12(13(10-17)16-14(15)18)9-8-11-6-4-3-5-7-11/h3-7,17H,10H2,1-2H3,(H,16,18). The molecular formula is C15H15NO2. The minimum atomic E-state index is -0.681. The fourth-order valence-corrected chi connectivity index (χ4v) is 1.85. The lowest BCUT2D eigenvalue weighted by Gasteiger charge is -2.14. The summed E-state index contributed by atoms with van der Waals surface area (Å²) < 4.78 is 0. The summed E-state index contributed by atoms with van der Waals surface area (Å²) in [6, 6.07) is 9.56. The molecule has 1 amide bonds. The first kappa shape index (κ1) is 12.4. The van der Waals surface area contributed by atoms with Crippen LogP contribution >= 0.6 is 0 Å². The van der Waals surface area contributed by atoms with Crippen LogP contribution in [0.4, 0.5) is 0 Å². The molecule has 0 aromatic heterocycles. The number of aliphatic hydroxyl groups excluding tert-OH is 1. The number of carbonyl (C=O) groups excluding carboxylic acids is 1. The second-order valence-electron chi connectivity index (χ2n) is 4.71. The molecule has 0 radical (unpaired) electrons. The number of hydrogen-bond donors (Lipinski definition) is 2. The highest BCUT2D eigenvalue weighted by molar-refractivity contribution is 5.92. The Hall–Kier alpha value is -2.05. The third-order valence-electron chi connectivity index (χ3n) is 3.02. The van der Waals surface area contributed by atoms with Crippen LogP contribution in [0.25, 0.3) is 0 Å². The molecule has 2 rings (SSSR count). The Morgan fingerprint density at radius 3 is 2.50 bits per heavy atom. The second kappa shape index (κ2) is 4.67. The van der Waals surface area contributed by atoms with Crippen LogP contribution in [0.5, 0.6) is 0 Å². The van der Waals surface area contributed by atoms with Crippen LogP contribution in [0.15, 0.2) is 41.6 Å². The van der Waals surface area contributed by atoms with E-state index in [1.807, 2.05) is 30.3 Å². The van der Waals surface area contributed by atoms with Gasteiger partial charge in [-0.2, -0.15) is 0 Å². The molecule has 0 bridgehead atoms. The van der Waals surface area contributed by atoms with E-state index in [4.69, 9.17) is 0 Å². The van der Waals surface area contributed by atoms with Crippen LogP contribution in [-0.4, -0.2) is 17.6 Å². The Labute approximate surface area is 107 Å². The van der Waals surface area contributed by atoms with E-state index in [1.165, 1.54) is 0 Å². The van der Waals surface area contributed by atoms with Gasteiger partial charge in [0.15, 0.2) is 0 Å². The predicted molar refractivity (Wildman–Crippen MR) is 69.4 cm³/mol. The number of nitrogens with one attached hydrogen (secondary N) is 1. The molecule has 0 unspecified atom stereocenters. The summed E-state index contributed by atoms with van der Waals surface area (Å²) in [4.78, 5) is 11.8. The number of carbonyl (C=O) groups is 1. The van der Waals surface area contributed by atoms with Crippen LogP contribution in [-0.2, 0) is 4.79 Å². The van der Waals surface area contributed by atoms with E-state index in [0.29, 0.717) is 11.3 Å². The Balaban J connectivity index is 2.38. The highest BCUT2D eigenvalue weighted by atomic mass is 16.3. The molecule has 0 aliphatic carbocycles. The Morgan fingerprint density at radius 2 is 1.89 bits per heavy atom. The fourth-order valence-electron chi connectivity index (χ4n) is 1.85. The fraction of sp³-hybridized carbons (Fsp3) is 0.267. The van der Waals surface area contributed by atoms with Gasteiger partial charge in [0, 0.05) is 11.1 Å². The largest absolute Gasteiger partial charge is 0.390 e. The average Bonchev–Trinajstić information content (AvgIpc) is 2.59. The molecule has 0 fully saturated rings. The van der Waals surface area contributed by atoms with Gasteiger partial charge in [-0.15, -0.1) is 0 Å². The molecule has 18 heavy (non-hydrogen) atoms. The number of amides is 1. The number of aliphatic hydroxyl groups is 1. The van der Waals surface area contributed by atoms with Gasteiger partial charge >= 0.3 is 0 Å². The van der Waals surface area contributed by atoms with Crippen molar-refractivity contribution in [3.63, 3.8) is 0 Å². The first-order valence-corrected chi connectivity index (χ1v) is 5.78. The second-order valence-corrected chi connectivity index (χ2v) is 4.71. The van der Waals surface area contributed by atoms with E-state index in [0.717, 1.165) is 5.56 Å². The molecule has 0 atom stereocenters. The molecule has 0 saturated carbocycles. The van der Waals surface area contributed by atoms with Gasteiger partial charge in [-0.25, -0.2) is 0 Å². The number of hydrogen-bond acceptors (Lipinski definition) is 2. The third kappa shape index (κ3) is 2.15. The van der Waals surface area contributed by atoms with Gasteiger partial charge in [-0.05, 0) is 26.0 Å². The summed E-state index contributed by atoms with van der Waals surface area (Å²) >= 11 is 0. The molecule has 1 heterocycles. The van der Waals surface area contributed by atoms with Crippen LogP contribution in [0.1, 0.15) is 19.4 Å². The molecule has 3 nitrogen and oxygen atoms in total. The monoisotopic (exact) mass is 241 g/mol. The molecule has 1 aliphatic rings.